The minimum absolute atomic E-state index is 0.529. The summed E-state index contributed by atoms with van der Waals surface area (Å²) >= 11 is 7.48. The number of halogens is 1. The molecule has 0 saturated carbocycles. The van der Waals surface area contributed by atoms with Gasteiger partial charge >= 0.3 is 0 Å². The molecule has 2 heterocycles. The van der Waals surface area contributed by atoms with Gasteiger partial charge in [-0.2, -0.15) is 0 Å². The average Bonchev–Trinajstić information content (AvgIpc) is 3.04. The van der Waals surface area contributed by atoms with Crippen molar-refractivity contribution in [1.82, 2.24) is 14.8 Å². The summed E-state index contributed by atoms with van der Waals surface area (Å²) in [6.45, 7) is 6.04. The summed E-state index contributed by atoms with van der Waals surface area (Å²) in [5, 5.41) is 3.27. The van der Waals surface area contributed by atoms with E-state index in [9.17, 15) is 0 Å². The fourth-order valence-electron chi connectivity index (χ4n) is 2.24. The van der Waals surface area contributed by atoms with Gasteiger partial charge < -0.3 is 9.80 Å². The van der Waals surface area contributed by atoms with E-state index in [1.54, 1.807) is 11.3 Å². The van der Waals surface area contributed by atoms with E-state index < -0.39 is 0 Å². The molecule has 1 saturated heterocycles. The van der Waals surface area contributed by atoms with Crippen molar-refractivity contribution >= 4 is 22.9 Å². The van der Waals surface area contributed by atoms with Crippen molar-refractivity contribution in [2.75, 3.05) is 39.8 Å². The molecule has 0 bridgehead atoms. The Morgan fingerprint density at radius 3 is 2.83 bits per heavy atom. The second kappa shape index (κ2) is 7.43. The minimum atomic E-state index is 0.529. The van der Waals surface area contributed by atoms with Crippen LogP contribution in [0.25, 0.3) is 0 Å². The lowest BCUT2D eigenvalue weighted by atomic mass is 10.4. The Morgan fingerprint density at radius 2 is 2.17 bits per heavy atom. The molecule has 0 atom stereocenters. The van der Waals surface area contributed by atoms with Gasteiger partial charge in [0.05, 0.1) is 16.6 Å². The van der Waals surface area contributed by atoms with Crippen molar-refractivity contribution < 1.29 is 0 Å². The Kier molecular flexibility index (Phi) is 5.89. The second-order valence-corrected chi connectivity index (χ2v) is 6.18. The number of alkyl halides is 1. The highest BCUT2D eigenvalue weighted by atomic mass is 35.5. The van der Waals surface area contributed by atoms with Crippen molar-refractivity contribution in [3.8, 4) is 0 Å². The number of rotatable bonds is 7. The van der Waals surface area contributed by atoms with E-state index in [-0.39, 0.29) is 0 Å². The Hall–Kier alpha value is -0.160. The Labute approximate surface area is 119 Å². The van der Waals surface area contributed by atoms with Gasteiger partial charge in [0.2, 0.25) is 0 Å². The molecule has 5 heteroatoms. The highest BCUT2D eigenvalue weighted by Gasteiger charge is 2.11. The first-order valence-electron chi connectivity index (χ1n) is 6.68. The number of aromatic nitrogens is 1. The smallest absolute Gasteiger partial charge is 0.0941 e. The van der Waals surface area contributed by atoms with E-state index in [0.29, 0.717) is 5.88 Å². The number of thiazole rings is 1. The van der Waals surface area contributed by atoms with Gasteiger partial charge in [-0.1, -0.05) is 0 Å². The van der Waals surface area contributed by atoms with Crippen molar-refractivity contribution in [3.63, 3.8) is 0 Å². The fraction of sp³-hybridized carbons (Fsp3) is 0.769. The third kappa shape index (κ3) is 4.50. The van der Waals surface area contributed by atoms with Gasteiger partial charge in [-0.15, -0.1) is 22.9 Å². The first kappa shape index (κ1) is 14.3. The molecule has 2 rings (SSSR count). The molecule has 0 N–H and O–H groups in total. The molecule has 0 aliphatic carbocycles. The SMILES string of the molecule is CN(CCc1nc(CCl)cs1)CCN1CCCC1. The molecule has 1 fully saturated rings. The van der Waals surface area contributed by atoms with Crippen LogP contribution in [0.15, 0.2) is 5.38 Å². The quantitative estimate of drug-likeness (QED) is 0.718. The predicted molar refractivity (Wildman–Crippen MR) is 78.5 cm³/mol. The van der Waals surface area contributed by atoms with Crippen LogP contribution in [0.5, 0.6) is 0 Å². The zero-order valence-electron chi connectivity index (χ0n) is 11.1. The molecule has 1 aromatic rings. The van der Waals surface area contributed by atoms with Gasteiger partial charge in [-0.25, -0.2) is 4.98 Å². The molecular weight excluding hydrogens is 266 g/mol. The van der Waals surface area contributed by atoms with Crippen LogP contribution in [0.4, 0.5) is 0 Å². The molecule has 1 aromatic heterocycles. The Morgan fingerprint density at radius 1 is 1.39 bits per heavy atom. The van der Waals surface area contributed by atoms with Crippen LogP contribution in [0, 0.1) is 0 Å². The lowest BCUT2D eigenvalue weighted by molar-refractivity contribution is 0.259. The first-order valence-corrected chi connectivity index (χ1v) is 8.09. The molecule has 1 aliphatic heterocycles. The van der Waals surface area contributed by atoms with E-state index in [1.807, 2.05) is 0 Å². The van der Waals surface area contributed by atoms with E-state index in [0.717, 1.165) is 25.2 Å². The standard InChI is InChI=1S/C13H22ClN3S/c1-16(8-9-17-5-2-3-6-17)7-4-13-15-12(10-14)11-18-13/h11H,2-10H2,1H3. The summed E-state index contributed by atoms with van der Waals surface area (Å²) in [5.41, 5.74) is 1.01. The van der Waals surface area contributed by atoms with E-state index >= 15 is 0 Å². The number of likely N-dealkylation sites (tertiary alicyclic amines) is 1. The van der Waals surface area contributed by atoms with Crippen molar-refractivity contribution in [2.45, 2.75) is 25.1 Å². The molecule has 0 aromatic carbocycles. The van der Waals surface area contributed by atoms with Crippen LogP contribution in [0.2, 0.25) is 0 Å². The molecule has 3 nitrogen and oxygen atoms in total. The van der Waals surface area contributed by atoms with Crippen molar-refractivity contribution in [1.29, 1.82) is 0 Å². The maximum absolute atomic E-state index is 5.75. The van der Waals surface area contributed by atoms with E-state index in [1.165, 1.54) is 37.5 Å². The van der Waals surface area contributed by atoms with Gasteiger partial charge in [0.15, 0.2) is 0 Å². The molecule has 0 spiro atoms. The van der Waals surface area contributed by atoms with Gasteiger partial charge in [0, 0.05) is 31.4 Å². The lowest BCUT2D eigenvalue weighted by Crippen LogP contribution is -2.32. The number of hydrogen-bond donors (Lipinski definition) is 0. The molecule has 0 amide bonds. The summed E-state index contributed by atoms with van der Waals surface area (Å²) in [6, 6.07) is 0. The van der Waals surface area contributed by atoms with Crippen LogP contribution in [-0.4, -0.2) is 54.6 Å². The summed E-state index contributed by atoms with van der Waals surface area (Å²) in [7, 11) is 2.20. The third-order valence-corrected chi connectivity index (χ3v) is 4.67. The summed E-state index contributed by atoms with van der Waals surface area (Å²) in [5.74, 6) is 0.529. The zero-order valence-corrected chi connectivity index (χ0v) is 12.6. The summed E-state index contributed by atoms with van der Waals surface area (Å²) in [4.78, 5) is 9.45. The average molecular weight is 288 g/mol. The fourth-order valence-corrected chi connectivity index (χ4v) is 3.26. The Bertz CT molecular complexity index is 350. The third-order valence-electron chi connectivity index (χ3n) is 3.44. The van der Waals surface area contributed by atoms with Crippen LogP contribution < -0.4 is 0 Å². The maximum Gasteiger partial charge on any atom is 0.0941 e. The molecule has 0 unspecified atom stereocenters. The number of nitrogens with zero attached hydrogens (tertiary/aromatic N) is 3. The predicted octanol–water partition coefficient (Wildman–Crippen LogP) is 2.45. The van der Waals surface area contributed by atoms with Crippen LogP contribution in [0.3, 0.4) is 0 Å². The van der Waals surface area contributed by atoms with Crippen LogP contribution >= 0.6 is 22.9 Å². The van der Waals surface area contributed by atoms with Crippen molar-refractivity contribution in [2.24, 2.45) is 0 Å². The van der Waals surface area contributed by atoms with Crippen molar-refractivity contribution in [3.05, 3.63) is 16.1 Å². The maximum atomic E-state index is 5.75. The van der Waals surface area contributed by atoms with E-state index in [2.05, 4.69) is 27.2 Å². The molecule has 102 valence electrons. The van der Waals surface area contributed by atoms with Crippen LogP contribution in [-0.2, 0) is 12.3 Å². The Balaban J connectivity index is 1.63. The first-order chi connectivity index (χ1) is 8.78. The summed E-state index contributed by atoms with van der Waals surface area (Å²) < 4.78 is 0. The lowest BCUT2D eigenvalue weighted by Gasteiger charge is -2.20. The molecule has 0 radical (unpaired) electrons. The largest absolute Gasteiger partial charge is 0.305 e. The highest BCUT2D eigenvalue weighted by molar-refractivity contribution is 7.09. The van der Waals surface area contributed by atoms with Gasteiger partial charge in [-0.3, -0.25) is 0 Å². The zero-order chi connectivity index (χ0) is 12.8. The number of likely N-dealkylation sites (N-methyl/N-ethyl adjacent to an activating group) is 1. The molecule has 18 heavy (non-hydrogen) atoms. The molecular formula is C13H22ClN3S. The van der Waals surface area contributed by atoms with Gasteiger partial charge in [-0.05, 0) is 33.0 Å². The van der Waals surface area contributed by atoms with Gasteiger partial charge in [0.1, 0.15) is 0 Å². The number of hydrogen-bond acceptors (Lipinski definition) is 4. The highest BCUT2D eigenvalue weighted by Crippen LogP contribution is 2.12. The molecule has 1 aliphatic rings. The van der Waals surface area contributed by atoms with Crippen LogP contribution in [0.1, 0.15) is 23.5 Å². The monoisotopic (exact) mass is 287 g/mol. The second-order valence-electron chi connectivity index (χ2n) is 4.97. The normalized spacial score (nSPS) is 16.8. The topological polar surface area (TPSA) is 19.4 Å². The van der Waals surface area contributed by atoms with Gasteiger partial charge in [0.25, 0.3) is 0 Å². The van der Waals surface area contributed by atoms with E-state index in [4.69, 9.17) is 11.6 Å². The summed E-state index contributed by atoms with van der Waals surface area (Å²) in [6.07, 6.45) is 3.80. The minimum Gasteiger partial charge on any atom is -0.305 e.